The first-order valence-corrected chi connectivity index (χ1v) is 25.4. The van der Waals surface area contributed by atoms with Crippen molar-refractivity contribution in [1.29, 1.82) is 0 Å². The molecule has 3 amide bonds. The Bertz CT molecular complexity index is 2640. The average molecular weight is 917 g/mol. The van der Waals surface area contributed by atoms with Crippen molar-refractivity contribution < 1.29 is 32.9 Å². The number of carbonyl (C=O) groups excluding carboxylic acids is 3. The second-order valence-electron chi connectivity index (χ2n) is 17.6. The predicted octanol–water partition coefficient (Wildman–Crippen LogP) is 5.86. The Morgan fingerprint density at radius 2 is 1.70 bits per heavy atom. The largest absolute Gasteiger partial charge is 0.494 e. The van der Waals surface area contributed by atoms with Crippen LogP contribution in [0.25, 0.3) is 11.3 Å². The van der Waals surface area contributed by atoms with E-state index in [2.05, 4.69) is 59.8 Å². The fourth-order valence-electron chi connectivity index (χ4n) is 9.63. The van der Waals surface area contributed by atoms with Gasteiger partial charge in [-0.05, 0) is 74.9 Å². The highest BCUT2D eigenvalue weighted by molar-refractivity contribution is 7.70. The smallest absolute Gasteiger partial charge is 0.255 e. The third-order valence-electron chi connectivity index (χ3n) is 13.2. The molecule has 18 heteroatoms. The number of aryl methyl sites for hydroxylation is 1. The number of piperazine rings is 1. The number of ether oxygens (including phenoxy) is 2. The van der Waals surface area contributed by atoms with E-state index in [-0.39, 0.29) is 18.2 Å². The summed E-state index contributed by atoms with van der Waals surface area (Å²) >= 11 is 0. The molecule has 4 aliphatic heterocycles. The zero-order valence-electron chi connectivity index (χ0n) is 37.9. The highest BCUT2D eigenvalue weighted by atomic mass is 31.2. The third-order valence-corrected chi connectivity index (χ3v) is 14.8. The SMILES string of the molecule is CCc1cc(Nc2ncc(-c3ccon3)c(Nc3ccccc3P(C)(C)=O)n2)c(OC)cc1N1CCC(N2CCN(CCOc3cccc4c3CN(C3CCC(=O)NC3=O)C4=O)CC2)CC1. The Balaban J connectivity index is 0.791. The summed E-state index contributed by atoms with van der Waals surface area (Å²) in [6, 6.07) is 18.9. The zero-order valence-corrected chi connectivity index (χ0v) is 38.8. The molecule has 3 aromatic carbocycles. The summed E-state index contributed by atoms with van der Waals surface area (Å²) in [5.41, 5.74) is 6.37. The highest BCUT2D eigenvalue weighted by Crippen LogP contribution is 2.41. The number of hydrogen-bond donors (Lipinski definition) is 3. The number of anilines is 5. The van der Waals surface area contributed by atoms with Crippen LogP contribution >= 0.6 is 7.14 Å². The van der Waals surface area contributed by atoms with Gasteiger partial charge in [0.15, 0.2) is 0 Å². The quantitative estimate of drug-likeness (QED) is 0.0836. The first-order valence-electron chi connectivity index (χ1n) is 22.8. The maximum atomic E-state index is 13.3. The van der Waals surface area contributed by atoms with Gasteiger partial charge in [-0.15, -0.1) is 0 Å². The summed E-state index contributed by atoms with van der Waals surface area (Å²) in [7, 11) is -0.935. The average Bonchev–Trinajstić information content (AvgIpc) is 3.98. The molecule has 6 heterocycles. The second kappa shape index (κ2) is 19.3. The second-order valence-corrected chi connectivity index (χ2v) is 20.8. The number of benzene rings is 3. The lowest BCUT2D eigenvalue weighted by atomic mass is 9.99. The van der Waals surface area contributed by atoms with Crippen LogP contribution in [0.2, 0.25) is 0 Å². The molecule has 4 aliphatic rings. The molecule has 0 saturated carbocycles. The molecule has 66 heavy (non-hydrogen) atoms. The molecule has 2 aromatic heterocycles. The summed E-state index contributed by atoms with van der Waals surface area (Å²) in [5.74, 6) is 1.29. The molecule has 1 atom stereocenters. The van der Waals surface area contributed by atoms with E-state index in [1.54, 1.807) is 43.7 Å². The predicted molar refractivity (Wildman–Crippen MR) is 253 cm³/mol. The number of rotatable bonds is 15. The number of nitrogens with one attached hydrogen (secondary N) is 3. The topological polar surface area (TPSA) is 188 Å². The molecule has 0 bridgehead atoms. The summed E-state index contributed by atoms with van der Waals surface area (Å²) in [6.45, 7) is 13.0. The summed E-state index contributed by atoms with van der Waals surface area (Å²) < 4.78 is 30.6. The Kier molecular flexibility index (Phi) is 13.1. The summed E-state index contributed by atoms with van der Waals surface area (Å²) in [6.07, 6.45) is 6.71. The molecule has 3 fully saturated rings. The minimum absolute atomic E-state index is 0.197. The monoisotopic (exact) mass is 916 g/mol. The standard InChI is InChI=1S/C48H57N10O7P/c1-5-31-27-38(51-48-49-29-34(36-17-25-65-54-36)45(53-48)50-37-10-6-7-12-43(37)66(3,4)62)42(63-2)28-40(31)57-18-15-32(16-19-57)56-22-20-55(21-23-56)24-26-64-41-11-8-9-33-35(41)30-58(47(33)61)39-13-14-44(59)52-46(39)60/h6-12,17,25,27-29,32,39H,5,13-16,18-24,26,30H2,1-4H3,(H,52,59,60)(H2,49,50,51,53). The Labute approximate surface area is 384 Å². The fourth-order valence-corrected chi connectivity index (χ4v) is 10.8. The van der Waals surface area contributed by atoms with Crippen LogP contribution < -0.4 is 35.6 Å². The van der Waals surface area contributed by atoms with E-state index >= 15 is 0 Å². The van der Waals surface area contributed by atoms with Gasteiger partial charge in [-0.1, -0.05) is 30.3 Å². The van der Waals surface area contributed by atoms with Gasteiger partial charge in [0.25, 0.3) is 5.91 Å². The van der Waals surface area contributed by atoms with Crippen molar-refractivity contribution in [3.63, 3.8) is 0 Å². The first-order chi connectivity index (χ1) is 32.0. The summed E-state index contributed by atoms with van der Waals surface area (Å²) in [5, 5.41) is 14.0. The van der Waals surface area contributed by atoms with Crippen LogP contribution in [0.4, 0.5) is 28.8 Å². The molecular formula is C48H57N10O7P. The molecule has 17 nitrogen and oxygen atoms in total. The number of carbonyl (C=O) groups is 3. The maximum absolute atomic E-state index is 13.3. The van der Waals surface area contributed by atoms with Gasteiger partial charge < -0.3 is 39.0 Å². The normalized spacial score (nSPS) is 18.6. The van der Waals surface area contributed by atoms with Crippen molar-refractivity contribution in [3.05, 3.63) is 89.8 Å². The van der Waals surface area contributed by atoms with E-state index < -0.39 is 19.1 Å². The van der Waals surface area contributed by atoms with E-state index in [4.69, 9.17) is 19.0 Å². The van der Waals surface area contributed by atoms with Gasteiger partial charge in [0.05, 0.1) is 30.6 Å². The van der Waals surface area contributed by atoms with Gasteiger partial charge in [-0.3, -0.25) is 29.5 Å². The van der Waals surface area contributed by atoms with E-state index in [1.807, 2.05) is 36.4 Å². The van der Waals surface area contributed by atoms with Crippen LogP contribution in [0.1, 0.15) is 54.1 Å². The zero-order chi connectivity index (χ0) is 46.0. The number of aromatic nitrogens is 3. The van der Waals surface area contributed by atoms with Crippen LogP contribution in [0.3, 0.4) is 0 Å². The Morgan fingerprint density at radius 1 is 0.894 bits per heavy atom. The minimum Gasteiger partial charge on any atom is -0.494 e. The molecular weight excluding hydrogens is 860 g/mol. The lowest BCUT2D eigenvalue weighted by Crippen LogP contribution is -2.53. The number of imide groups is 1. The van der Waals surface area contributed by atoms with Crippen molar-refractivity contribution in [1.82, 2.24) is 35.1 Å². The fraction of sp³-hybridized carbons (Fsp3) is 0.417. The molecule has 1 unspecified atom stereocenters. The van der Waals surface area contributed by atoms with Crippen LogP contribution in [0.15, 0.2) is 77.6 Å². The van der Waals surface area contributed by atoms with E-state index in [1.165, 1.54) is 17.5 Å². The van der Waals surface area contributed by atoms with Crippen LogP contribution in [0, 0.1) is 0 Å². The molecule has 3 N–H and O–H groups in total. The molecule has 3 saturated heterocycles. The van der Waals surface area contributed by atoms with Crippen molar-refractivity contribution in [2.24, 2.45) is 0 Å². The Morgan fingerprint density at radius 3 is 2.42 bits per heavy atom. The molecule has 0 aliphatic carbocycles. The number of methoxy groups -OCH3 is 1. The van der Waals surface area contributed by atoms with Crippen LogP contribution in [-0.2, 0) is 27.1 Å². The molecule has 5 aromatic rings. The maximum Gasteiger partial charge on any atom is 0.255 e. The van der Waals surface area contributed by atoms with Gasteiger partial charge >= 0.3 is 0 Å². The number of piperidine rings is 2. The minimum atomic E-state index is -2.61. The van der Waals surface area contributed by atoms with E-state index in [9.17, 15) is 18.9 Å². The number of hydrogen-bond acceptors (Lipinski definition) is 15. The third kappa shape index (κ3) is 9.51. The van der Waals surface area contributed by atoms with Crippen molar-refractivity contribution in [2.45, 2.75) is 57.7 Å². The van der Waals surface area contributed by atoms with Crippen LogP contribution in [0.5, 0.6) is 11.5 Å². The van der Waals surface area contributed by atoms with Gasteiger partial charge in [0.2, 0.25) is 17.8 Å². The molecule has 9 rings (SSSR count). The van der Waals surface area contributed by atoms with Gasteiger partial charge in [-0.25, -0.2) is 4.98 Å². The van der Waals surface area contributed by atoms with Crippen LogP contribution in [-0.4, -0.2) is 132 Å². The lowest BCUT2D eigenvalue weighted by molar-refractivity contribution is -0.136. The summed E-state index contributed by atoms with van der Waals surface area (Å²) in [4.78, 5) is 56.1. The first kappa shape index (κ1) is 44.9. The Hall–Kier alpha value is -6.29. The lowest BCUT2D eigenvalue weighted by Gasteiger charge is -2.43. The van der Waals surface area contributed by atoms with Gasteiger partial charge in [-0.2, -0.15) is 4.98 Å². The van der Waals surface area contributed by atoms with E-state index in [0.29, 0.717) is 71.4 Å². The van der Waals surface area contributed by atoms with Crippen molar-refractivity contribution in [2.75, 3.05) is 88.4 Å². The molecule has 0 radical (unpaired) electrons. The number of nitrogens with zero attached hydrogens (tertiary/aromatic N) is 7. The molecule has 0 spiro atoms. The number of para-hydroxylation sites is 1. The van der Waals surface area contributed by atoms with Crippen molar-refractivity contribution >= 4 is 59.0 Å². The van der Waals surface area contributed by atoms with Gasteiger partial charge in [0, 0.05) is 98.7 Å². The van der Waals surface area contributed by atoms with Gasteiger partial charge in [0.1, 0.15) is 49.1 Å². The highest BCUT2D eigenvalue weighted by Gasteiger charge is 2.40. The number of amides is 3. The number of fused-ring (bicyclic) bond motifs is 1. The molecule has 346 valence electrons. The van der Waals surface area contributed by atoms with E-state index in [0.717, 1.165) is 81.6 Å². The van der Waals surface area contributed by atoms with Crippen molar-refractivity contribution in [3.8, 4) is 22.8 Å².